The standard InChI is InChI=1S/C17H18ClN/c1-12(13-6-8-16(18)9-7-13)19-17-10-14-4-2-3-5-15(14)11-17/h2-9,12,17,19H,10-11H2,1H3/t12-/m1/s1. The smallest absolute Gasteiger partial charge is 0.0406 e. The number of rotatable bonds is 3. The van der Waals surface area contributed by atoms with Crippen LogP contribution in [0.5, 0.6) is 0 Å². The lowest BCUT2D eigenvalue weighted by Crippen LogP contribution is -2.32. The van der Waals surface area contributed by atoms with Crippen LogP contribution in [0.3, 0.4) is 0 Å². The van der Waals surface area contributed by atoms with Crippen molar-refractivity contribution in [3.05, 3.63) is 70.2 Å². The fourth-order valence-electron chi connectivity index (χ4n) is 2.88. The van der Waals surface area contributed by atoms with Crippen LogP contribution in [0.2, 0.25) is 5.02 Å². The first-order chi connectivity index (χ1) is 9.22. The van der Waals surface area contributed by atoms with Crippen molar-refractivity contribution in [3.63, 3.8) is 0 Å². The van der Waals surface area contributed by atoms with E-state index in [2.05, 4.69) is 48.6 Å². The molecule has 0 amide bonds. The molecule has 2 aromatic rings. The lowest BCUT2D eigenvalue weighted by atomic mass is 10.1. The minimum Gasteiger partial charge on any atom is -0.307 e. The lowest BCUT2D eigenvalue weighted by molar-refractivity contribution is 0.467. The zero-order valence-corrected chi connectivity index (χ0v) is 11.8. The molecule has 2 heteroatoms. The fraction of sp³-hybridized carbons (Fsp3) is 0.294. The Balaban J connectivity index is 1.66. The van der Waals surface area contributed by atoms with E-state index in [1.807, 2.05) is 12.1 Å². The molecule has 0 fully saturated rings. The second kappa shape index (κ2) is 5.36. The van der Waals surface area contributed by atoms with Crippen molar-refractivity contribution in [3.8, 4) is 0 Å². The van der Waals surface area contributed by atoms with Crippen molar-refractivity contribution in [2.45, 2.75) is 31.8 Å². The summed E-state index contributed by atoms with van der Waals surface area (Å²) in [5.74, 6) is 0. The van der Waals surface area contributed by atoms with Crippen LogP contribution in [0, 0.1) is 0 Å². The van der Waals surface area contributed by atoms with Crippen LogP contribution in [0.1, 0.15) is 29.7 Å². The van der Waals surface area contributed by atoms with E-state index in [9.17, 15) is 0 Å². The molecule has 0 aliphatic heterocycles. The molecule has 1 N–H and O–H groups in total. The molecule has 1 nitrogen and oxygen atoms in total. The molecule has 0 bridgehead atoms. The fourth-order valence-corrected chi connectivity index (χ4v) is 3.00. The number of nitrogens with one attached hydrogen (secondary N) is 1. The molecule has 1 aliphatic carbocycles. The van der Waals surface area contributed by atoms with Crippen LogP contribution in [-0.2, 0) is 12.8 Å². The van der Waals surface area contributed by atoms with E-state index in [4.69, 9.17) is 11.6 Å². The van der Waals surface area contributed by atoms with Crippen molar-refractivity contribution < 1.29 is 0 Å². The van der Waals surface area contributed by atoms with Gasteiger partial charge in [0, 0.05) is 17.1 Å². The molecule has 3 rings (SSSR count). The lowest BCUT2D eigenvalue weighted by Gasteiger charge is -2.19. The van der Waals surface area contributed by atoms with Gasteiger partial charge in [0.05, 0.1) is 0 Å². The summed E-state index contributed by atoms with van der Waals surface area (Å²) < 4.78 is 0. The summed E-state index contributed by atoms with van der Waals surface area (Å²) in [6.45, 7) is 2.21. The maximum atomic E-state index is 5.93. The number of fused-ring (bicyclic) bond motifs is 1. The zero-order chi connectivity index (χ0) is 13.2. The molecular weight excluding hydrogens is 254 g/mol. The van der Waals surface area contributed by atoms with Gasteiger partial charge in [-0.2, -0.15) is 0 Å². The van der Waals surface area contributed by atoms with Crippen LogP contribution in [0.4, 0.5) is 0 Å². The highest BCUT2D eigenvalue weighted by Crippen LogP contribution is 2.24. The minimum atomic E-state index is 0.358. The first-order valence-corrected chi connectivity index (χ1v) is 7.18. The van der Waals surface area contributed by atoms with Gasteiger partial charge in [0.2, 0.25) is 0 Å². The summed E-state index contributed by atoms with van der Waals surface area (Å²) >= 11 is 5.93. The summed E-state index contributed by atoms with van der Waals surface area (Å²) in [6.07, 6.45) is 2.27. The molecule has 0 heterocycles. The van der Waals surface area contributed by atoms with Crippen molar-refractivity contribution in [2.24, 2.45) is 0 Å². The first kappa shape index (κ1) is 12.7. The van der Waals surface area contributed by atoms with Gasteiger partial charge in [-0.15, -0.1) is 0 Å². The van der Waals surface area contributed by atoms with Crippen LogP contribution in [-0.4, -0.2) is 6.04 Å². The van der Waals surface area contributed by atoms with Gasteiger partial charge in [0.1, 0.15) is 0 Å². The van der Waals surface area contributed by atoms with E-state index in [0.717, 1.165) is 17.9 Å². The van der Waals surface area contributed by atoms with Crippen LogP contribution in [0.15, 0.2) is 48.5 Å². The Morgan fingerprint density at radius 1 is 1.00 bits per heavy atom. The second-order valence-corrected chi connectivity index (χ2v) is 5.75. The third-order valence-corrected chi connectivity index (χ3v) is 4.16. The van der Waals surface area contributed by atoms with E-state index in [-0.39, 0.29) is 0 Å². The van der Waals surface area contributed by atoms with Crippen LogP contribution in [0.25, 0.3) is 0 Å². The molecule has 0 spiro atoms. The van der Waals surface area contributed by atoms with Crippen molar-refractivity contribution in [1.82, 2.24) is 5.32 Å². The summed E-state index contributed by atoms with van der Waals surface area (Å²) in [6, 6.07) is 17.8. The Labute approximate surface area is 119 Å². The molecule has 0 saturated heterocycles. The normalized spacial score (nSPS) is 16.3. The second-order valence-electron chi connectivity index (χ2n) is 5.31. The van der Waals surface area contributed by atoms with Gasteiger partial charge in [-0.05, 0) is 48.6 Å². The van der Waals surface area contributed by atoms with E-state index in [0.29, 0.717) is 12.1 Å². The molecule has 2 aromatic carbocycles. The molecule has 19 heavy (non-hydrogen) atoms. The highest BCUT2D eigenvalue weighted by Gasteiger charge is 2.22. The average Bonchev–Trinajstić information content (AvgIpc) is 2.81. The maximum Gasteiger partial charge on any atom is 0.0406 e. The molecule has 98 valence electrons. The van der Waals surface area contributed by atoms with Gasteiger partial charge < -0.3 is 5.32 Å². The highest BCUT2D eigenvalue weighted by atomic mass is 35.5. The Hall–Kier alpha value is -1.31. The van der Waals surface area contributed by atoms with Gasteiger partial charge in [0.25, 0.3) is 0 Å². The van der Waals surface area contributed by atoms with Crippen molar-refractivity contribution in [2.75, 3.05) is 0 Å². The minimum absolute atomic E-state index is 0.358. The summed E-state index contributed by atoms with van der Waals surface area (Å²) in [5, 5.41) is 4.51. The topological polar surface area (TPSA) is 12.0 Å². The Bertz CT molecular complexity index is 537. The number of hydrogen-bond donors (Lipinski definition) is 1. The third-order valence-electron chi connectivity index (χ3n) is 3.91. The van der Waals surface area contributed by atoms with Gasteiger partial charge >= 0.3 is 0 Å². The summed E-state index contributed by atoms with van der Waals surface area (Å²) in [4.78, 5) is 0. The van der Waals surface area contributed by atoms with E-state index in [1.54, 1.807) is 0 Å². The third kappa shape index (κ3) is 2.83. The van der Waals surface area contributed by atoms with E-state index < -0.39 is 0 Å². The number of hydrogen-bond acceptors (Lipinski definition) is 1. The van der Waals surface area contributed by atoms with Gasteiger partial charge in [-0.3, -0.25) is 0 Å². The molecule has 0 saturated carbocycles. The molecular formula is C17H18ClN. The van der Waals surface area contributed by atoms with Crippen LogP contribution < -0.4 is 5.32 Å². The molecule has 0 radical (unpaired) electrons. The Kier molecular flexibility index (Phi) is 3.58. The van der Waals surface area contributed by atoms with Gasteiger partial charge in [-0.25, -0.2) is 0 Å². The Morgan fingerprint density at radius 3 is 2.16 bits per heavy atom. The predicted molar refractivity (Wildman–Crippen MR) is 80.6 cm³/mol. The highest BCUT2D eigenvalue weighted by molar-refractivity contribution is 6.30. The number of benzene rings is 2. The SMILES string of the molecule is C[C@@H](NC1Cc2ccccc2C1)c1ccc(Cl)cc1. The molecule has 1 atom stereocenters. The summed E-state index contributed by atoms with van der Waals surface area (Å²) in [7, 11) is 0. The first-order valence-electron chi connectivity index (χ1n) is 6.80. The van der Waals surface area contributed by atoms with E-state index in [1.165, 1.54) is 16.7 Å². The maximum absolute atomic E-state index is 5.93. The van der Waals surface area contributed by atoms with Crippen molar-refractivity contribution >= 4 is 11.6 Å². The average molecular weight is 272 g/mol. The molecule has 0 unspecified atom stereocenters. The molecule has 1 aliphatic rings. The molecule has 0 aromatic heterocycles. The zero-order valence-electron chi connectivity index (χ0n) is 11.1. The van der Waals surface area contributed by atoms with Crippen LogP contribution >= 0.6 is 11.6 Å². The Morgan fingerprint density at radius 2 is 1.58 bits per heavy atom. The van der Waals surface area contributed by atoms with Gasteiger partial charge in [0.15, 0.2) is 0 Å². The van der Waals surface area contributed by atoms with Gasteiger partial charge in [-0.1, -0.05) is 48.0 Å². The monoisotopic (exact) mass is 271 g/mol. The number of halogens is 1. The summed E-state index contributed by atoms with van der Waals surface area (Å²) in [5.41, 5.74) is 4.27. The van der Waals surface area contributed by atoms with Crippen molar-refractivity contribution in [1.29, 1.82) is 0 Å². The largest absolute Gasteiger partial charge is 0.307 e. The predicted octanol–water partition coefficient (Wildman–Crippen LogP) is 4.16. The van der Waals surface area contributed by atoms with E-state index >= 15 is 0 Å². The quantitative estimate of drug-likeness (QED) is 0.884.